The second kappa shape index (κ2) is 6.21. The number of aliphatic carboxylic acids is 1. The fourth-order valence-corrected chi connectivity index (χ4v) is 1.84. The van der Waals surface area contributed by atoms with Crippen molar-refractivity contribution in [2.24, 2.45) is 0 Å². The summed E-state index contributed by atoms with van der Waals surface area (Å²) in [5.41, 5.74) is 0.611. The summed E-state index contributed by atoms with van der Waals surface area (Å²) in [4.78, 5) is 23.1. The third-order valence-corrected chi connectivity index (χ3v) is 2.92. The van der Waals surface area contributed by atoms with Crippen molar-refractivity contribution in [1.82, 2.24) is 5.32 Å². The lowest BCUT2D eigenvalue weighted by atomic mass is 10.1. The second-order valence-corrected chi connectivity index (χ2v) is 4.61. The standard InChI is InChI=1S/C15H14FNO4/c1-9-2-7-13(21-9)14(18)17-12(15(19)20)8-10-3-5-11(16)6-4-10/h2-7,12H,8H2,1H3,(H,17,18)(H,19,20)/t12-/m0/s1. The van der Waals surface area contributed by atoms with Gasteiger partial charge in [0.2, 0.25) is 0 Å². The van der Waals surface area contributed by atoms with Crippen molar-refractivity contribution in [3.63, 3.8) is 0 Å². The van der Waals surface area contributed by atoms with Crippen LogP contribution in [0.15, 0.2) is 40.8 Å². The summed E-state index contributed by atoms with van der Waals surface area (Å²) in [6, 6.07) is 7.42. The molecule has 6 heteroatoms. The van der Waals surface area contributed by atoms with E-state index in [0.717, 1.165) is 0 Å². The van der Waals surface area contributed by atoms with Crippen LogP contribution in [0.4, 0.5) is 4.39 Å². The van der Waals surface area contributed by atoms with Crippen LogP contribution < -0.4 is 5.32 Å². The van der Waals surface area contributed by atoms with Gasteiger partial charge in [0.1, 0.15) is 17.6 Å². The van der Waals surface area contributed by atoms with E-state index in [1.807, 2.05) is 0 Å². The van der Waals surface area contributed by atoms with Crippen LogP contribution in [0.5, 0.6) is 0 Å². The molecule has 2 rings (SSSR count). The molecule has 1 aromatic heterocycles. The Labute approximate surface area is 120 Å². The Hall–Kier alpha value is -2.63. The Bertz CT molecular complexity index is 648. The van der Waals surface area contributed by atoms with Crippen molar-refractivity contribution in [2.75, 3.05) is 0 Å². The van der Waals surface area contributed by atoms with Crippen LogP contribution in [-0.2, 0) is 11.2 Å². The molecule has 21 heavy (non-hydrogen) atoms. The van der Waals surface area contributed by atoms with E-state index in [2.05, 4.69) is 5.32 Å². The maximum atomic E-state index is 12.8. The molecule has 1 heterocycles. The summed E-state index contributed by atoms with van der Waals surface area (Å²) in [7, 11) is 0. The number of amides is 1. The van der Waals surface area contributed by atoms with E-state index in [9.17, 15) is 19.1 Å². The molecule has 1 atom stereocenters. The first-order chi connectivity index (χ1) is 9.95. The highest BCUT2D eigenvalue weighted by Crippen LogP contribution is 2.09. The highest BCUT2D eigenvalue weighted by molar-refractivity contribution is 5.94. The lowest BCUT2D eigenvalue weighted by Gasteiger charge is -2.13. The predicted octanol–water partition coefficient (Wildman–Crippen LogP) is 2.15. The smallest absolute Gasteiger partial charge is 0.326 e. The van der Waals surface area contributed by atoms with Crippen LogP contribution in [0.1, 0.15) is 21.9 Å². The molecule has 0 bridgehead atoms. The molecule has 0 spiro atoms. The summed E-state index contributed by atoms with van der Waals surface area (Å²) in [6.45, 7) is 1.68. The number of halogens is 1. The highest BCUT2D eigenvalue weighted by atomic mass is 19.1. The van der Waals surface area contributed by atoms with Gasteiger partial charge in [-0.05, 0) is 36.8 Å². The molecule has 110 valence electrons. The topological polar surface area (TPSA) is 79.5 Å². The maximum Gasteiger partial charge on any atom is 0.326 e. The van der Waals surface area contributed by atoms with Gasteiger partial charge in [-0.15, -0.1) is 0 Å². The zero-order chi connectivity index (χ0) is 15.4. The normalized spacial score (nSPS) is 11.9. The van der Waals surface area contributed by atoms with Crippen molar-refractivity contribution >= 4 is 11.9 Å². The Morgan fingerprint density at radius 3 is 2.43 bits per heavy atom. The van der Waals surface area contributed by atoms with Gasteiger partial charge in [0.25, 0.3) is 5.91 Å². The quantitative estimate of drug-likeness (QED) is 0.884. The van der Waals surface area contributed by atoms with E-state index in [-0.39, 0.29) is 12.2 Å². The molecular formula is C15H14FNO4. The average molecular weight is 291 g/mol. The third-order valence-electron chi connectivity index (χ3n) is 2.92. The minimum atomic E-state index is -1.17. The lowest BCUT2D eigenvalue weighted by Crippen LogP contribution is -2.42. The number of rotatable bonds is 5. The molecule has 0 unspecified atom stereocenters. The van der Waals surface area contributed by atoms with Gasteiger partial charge in [0, 0.05) is 6.42 Å². The Morgan fingerprint density at radius 2 is 1.90 bits per heavy atom. The molecule has 1 aromatic carbocycles. The van der Waals surface area contributed by atoms with Crippen LogP contribution in [0.2, 0.25) is 0 Å². The Kier molecular flexibility index (Phi) is 4.37. The average Bonchev–Trinajstić information content (AvgIpc) is 2.87. The van der Waals surface area contributed by atoms with Crippen LogP contribution in [0.3, 0.4) is 0 Å². The summed E-state index contributed by atoms with van der Waals surface area (Å²) in [6.07, 6.45) is 0.0566. The number of benzene rings is 1. The van der Waals surface area contributed by atoms with E-state index < -0.39 is 23.7 Å². The number of carboxylic acid groups (broad SMARTS) is 1. The van der Waals surface area contributed by atoms with Crippen LogP contribution >= 0.6 is 0 Å². The Morgan fingerprint density at radius 1 is 1.24 bits per heavy atom. The molecule has 0 aliphatic heterocycles. The predicted molar refractivity (Wildman–Crippen MR) is 72.4 cm³/mol. The zero-order valence-corrected chi connectivity index (χ0v) is 11.3. The second-order valence-electron chi connectivity index (χ2n) is 4.61. The minimum absolute atomic E-state index is 0.0536. The van der Waals surface area contributed by atoms with Gasteiger partial charge < -0.3 is 14.8 Å². The highest BCUT2D eigenvalue weighted by Gasteiger charge is 2.22. The van der Waals surface area contributed by atoms with Crippen LogP contribution in [0.25, 0.3) is 0 Å². The monoisotopic (exact) mass is 291 g/mol. The molecule has 2 aromatic rings. The van der Waals surface area contributed by atoms with Crippen LogP contribution in [0, 0.1) is 12.7 Å². The minimum Gasteiger partial charge on any atom is -0.480 e. The van der Waals surface area contributed by atoms with Crippen molar-refractivity contribution in [1.29, 1.82) is 0 Å². The Balaban J connectivity index is 2.07. The molecule has 5 nitrogen and oxygen atoms in total. The van der Waals surface area contributed by atoms with Gasteiger partial charge in [-0.3, -0.25) is 4.79 Å². The summed E-state index contributed by atoms with van der Waals surface area (Å²) >= 11 is 0. The van der Waals surface area contributed by atoms with E-state index >= 15 is 0 Å². The van der Waals surface area contributed by atoms with Gasteiger partial charge in [-0.1, -0.05) is 12.1 Å². The molecule has 0 saturated carbocycles. The molecule has 0 radical (unpaired) electrons. The first kappa shape index (κ1) is 14.8. The van der Waals surface area contributed by atoms with Gasteiger partial charge in [0.05, 0.1) is 0 Å². The molecule has 2 N–H and O–H groups in total. The first-order valence-corrected chi connectivity index (χ1v) is 6.30. The number of carboxylic acids is 1. The summed E-state index contributed by atoms with van der Waals surface area (Å²) in [5, 5.41) is 11.6. The number of hydrogen-bond acceptors (Lipinski definition) is 3. The molecule has 0 saturated heterocycles. The SMILES string of the molecule is Cc1ccc(C(=O)N[C@@H](Cc2ccc(F)cc2)C(=O)O)o1. The third kappa shape index (κ3) is 3.92. The number of hydrogen-bond donors (Lipinski definition) is 2. The molecular weight excluding hydrogens is 277 g/mol. The first-order valence-electron chi connectivity index (χ1n) is 6.30. The largest absolute Gasteiger partial charge is 0.480 e. The van der Waals surface area contributed by atoms with Crippen molar-refractivity contribution in [3.8, 4) is 0 Å². The van der Waals surface area contributed by atoms with Gasteiger partial charge in [-0.25, -0.2) is 9.18 Å². The maximum absolute atomic E-state index is 12.8. The van der Waals surface area contributed by atoms with Crippen molar-refractivity contribution < 1.29 is 23.5 Å². The van der Waals surface area contributed by atoms with Gasteiger partial charge in [-0.2, -0.15) is 0 Å². The van der Waals surface area contributed by atoms with E-state index in [1.54, 1.807) is 13.0 Å². The zero-order valence-electron chi connectivity index (χ0n) is 11.3. The molecule has 0 aliphatic carbocycles. The summed E-state index contributed by atoms with van der Waals surface area (Å²) < 4.78 is 18.0. The fraction of sp³-hybridized carbons (Fsp3) is 0.200. The number of carbonyl (C=O) groups is 2. The molecule has 0 fully saturated rings. The van der Waals surface area contributed by atoms with E-state index in [4.69, 9.17) is 4.42 Å². The van der Waals surface area contributed by atoms with E-state index in [0.29, 0.717) is 11.3 Å². The molecule has 1 amide bonds. The van der Waals surface area contributed by atoms with E-state index in [1.165, 1.54) is 30.3 Å². The fourth-order valence-electron chi connectivity index (χ4n) is 1.84. The number of aryl methyl sites for hydroxylation is 1. The van der Waals surface area contributed by atoms with Crippen molar-refractivity contribution in [3.05, 3.63) is 59.3 Å². The van der Waals surface area contributed by atoms with Gasteiger partial charge in [0.15, 0.2) is 5.76 Å². The van der Waals surface area contributed by atoms with Gasteiger partial charge >= 0.3 is 5.97 Å². The lowest BCUT2D eigenvalue weighted by molar-refractivity contribution is -0.139. The van der Waals surface area contributed by atoms with Crippen molar-refractivity contribution in [2.45, 2.75) is 19.4 Å². The number of furan rings is 1. The summed E-state index contributed by atoms with van der Waals surface area (Å²) in [5.74, 6) is -1.56. The number of nitrogens with one attached hydrogen (secondary N) is 1. The number of carbonyl (C=O) groups excluding carboxylic acids is 1. The molecule has 0 aliphatic rings. The van der Waals surface area contributed by atoms with Crippen LogP contribution in [-0.4, -0.2) is 23.0 Å².